The van der Waals surface area contributed by atoms with Gasteiger partial charge >= 0.3 is 0 Å². The summed E-state index contributed by atoms with van der Waals surface area (Å²) >= 11 is 11.3. The Labute approximate surface area is 155 Å². The third-order valence-electron chi connectivity index (χ3n) is 3.64. The van der Waals surface area contributed by atoms with Crippen molar-refractivity contribution in [3.8, 4) is 11.5 Å². The first-order valence-corrected chi connectivity index (χ1v) is 8.53. The molecule has 0 fully saturated rings. The highest BCUT2D eigenvalue weighted by Gasteiger charge is 2.11. The van der Waals surface area contributed by atoms with Gasteiger partial charge in [-0.1, -0.05) is 24.6 Å². The van der Waals surface area contributed by atoms with Gasteiger partial charge in [-0.25, -0.2) is 4.98 Å². The van der Waals surface area contributed by atoms with Crippen LogP contribution < -0.4 is 10.6 Å². The second kappa shape index (κ2) is 7.21. The van der Waals surface area contributed by atoms with Crippen molar-refractivity contribution < 1.29 is 9.21 Å². The third-order valence-corrected chi connectivity index (χ3v) is 4.25. The fraction of sp³-hybridized carbons (Fsp3) is 0.167. The number of benzene rings is 2. The Morgan fingerprint density at radius 2 is 2.08 bits per heavy atom. The molecule has 0 atom stereocenters. The van der Waals surface area contributed by atoms with Gasteiger partial charge in [0.25, 0.3) is 0 Å². The summed E-state index contributed by atoms with van der Waals surface area (Å²) in [5, 5.41) is 6.47. The molecular formula is C18H16ClN3O2S. The first-order chi connectivity index (χ1) is 12.0. The van der Waals surface area contributed by atoms with Crippen molar-refractivity contribution in [2.24, 2.45) is 0 Å². The summed E-state index contributed by atoms with van der Waals surface area (Å²) in [7, 11) is 0. The standard InChI is InChI=1S/C18H16ClN3O2S/c1-3-16(23)22-18(25)20-12-6-7-15-14(9-12)21-17(24-15)11-5-4-10(2)13(19)8-11/h4-9H,3H2,1-2H3,(H2,20,22,23,25). The van der Waals surface area contributed by atoms with Crippen LogP contribution in [0.5, 0.6) is 0 Å². The van der Waals surface area contributed by atoms with E-state index in [0.717, 1.165) is 16.8 Å². The first kappa shape index (κ1) is 17.4. The largest absolute Gasteiger partial charge is 0.436 e. The van der Waals surface area contributed by atoms with Gasteiger partial charge in [-0.2, -0.15) is 0 Å². The van der Waals surface area contributed by atoms with Crippen LogP contribution in [-0.4, -0.2) is 16.0 Å². The molecule has 0 bridgehead atoms. The van der Waals surface area contributed by atoms with Crippen molar-refractivity contribution in [1.82, 2.24) is 10.3 Å². The predicted molar refractivity (Wildman–Crippen MR) is 104 cm³/mol. The van der Waals surface area contributed by atoms with Gasteiger partial charge < -0.3 is 15.1 Å². The number of nitrogens with one attached hydrogen (secondary N) is 2. The second-order valence-electron chi connectivity index (χ2n) is 5.52. The first-order valence-electron chi connectivity index (χ1n) is 7.74. The molecule has 128 valence electrons. The minimum atomic E-state index is -0.140. The fourth-order valence-electron chi connectivity index (χ4n) is 2.23. The second-order valence-corrected chi connectivity index (χ2v) is 6.34. The number of thiocarbonyl (C=S) groups is 1. The molecule has 3 rings (SSSR count). The van der Waals surface area contributed by atoms with Crippen LogP contribution in [0, 0.1) is 6.92 Å². The number of hydrogen-bond donors (Lipinski definition) is 2. The zero-order chi connectivity index (χ0) is 18.0. The lowest BCUT2D eigenvalue weighted by atomic mass is 10.1. The fourth-order valence-corrected chi connectivity index (χ4v) is 2.64. The molecule has 1 aromatic heterocycles. The number of halogens is 1. The molecular weight excluding hydrogens is 358 g/mol. The number of anilines is 1. The van der Waals surface area contributed by atoms with E-state index in [4.69, 9.17) is 28.2 Å². The van der Waals surface area contributed by atoms with E-state index in [1.165, 1.54) is 0 Å². The van der Waals surface area contributed by atoms with Crippen molar-refractivity contribution >= 4 is 51.6 Å². The Hall–Kier alpha value is -2.44. The molecule has 1 heterocycles. The maximum Gasteiger partial charge on any atom is 0.227 e. The van der Waals surface area contributed by atoms with E-state index < -0.39 is 0 Å². The summed E-state index contributed by atoms with van der Waals surface area (Å²) in [6, 6.07) is 11.1. The van der Waals surface area contributed by atoms with Gasteiger partial charge in [0.1, 0.15) is 5.52 Å². The highest BCUT2D eigenvalue weighted by molar-refractivity contribution is 7.80. The highest BCUT2D eigenvalue weighted by Crippen LogP contribution is 2.28. The monoisotopic (exact) mass is 373 g/mol. The number of oxazole rings is 1. The molecule has 2 aromatic carbocycles. The number of nitrogens with zero attached hydrogens (tertiary/aromatic N) is 1. The van der Waals surface area contributed by atoms with Crippen LogP contribution in [0.4, 0.5) is 5.69 Å². The molecule has 3 aromatic rings. The summed E-state index contributed by atoms with van der Waals surface area (Å²) in [6.07, 6.45) is 0.368. The smallest absolute Gasteiger partial charge is 0.227 e. The highest BCUT2D eigenvalue weighted by atomic mass is 35.5. The van der Waals surface area contributed by atoms with E-state index in [1.807, 2.05) is 37.3 Å². The molecule has 0 aliphatic rings. The van der Waals surface area contributed by atoms with E-state index in [-0.39, 0.29) is 11.0 Å². The van der Waals surface area contributed by atoms with Crippen molar-refractivity contribution in [1.29, 1.82) is 0 Å². The maximum absolute atomic E-state index is 11.4. The van der Waals surface area contributed by atoms with Crippen LogP contribution >= 0.6 is 23.8 Å². The van der Waals surface area contributed by atoms with Crippen molar-refractivity contribution in [3.63, 3.8) is 0 Å². The number of amides is 1. The van der Waals surface area contributed by atoms with Crippen LogP contribution in [0.3, 0.4) is 0 Å². The lowest BCUT2D eigenvalue weighted by Crippen LogP contribution is -2.33. The van der Waals surface area contributed by atoms with E-state index in [2.05, 4.69) is 15.6 Å². The molecule has 0 saturated heterocycles. The molecule has 0 spiro atoms. The molecule has 2 N–H and O–H groups in total. The van der Waals surface area contributed by atoms with Gasteiger partial charge in [-0.15, -0.1) is 0 Å². The van der Waals surface area contributed by atoms with Gasteiger partial charge in [0.15, 0.2) is 10.7 Å². The Balaban J connectivity index is 1.85. The molecule has 0 radical (unpaired) electrons. The minimum Gasteiger partial charge on any atom is -0.436 e. The molecule has 5 nitrogen and oxygen atoms in total. The SMILES string of the molecule is CCC(=O)NC(=S)Nc1ccc2oc(-c3ccc(C)c(Cl)c3)nc2c1. The molecule has 1 amide bonds. The summed E-state index contributed by atoms with van der Waals surface area (Å²) in [6.45, 7) is 3.70. The summed E-state index contributed by atoms with van der Waals surface area (Å²) < 4.78 is 5.79. The number of carbonyl (C=O) groups is 1. The average Bonchev–Trinajstić information content (AvgIpc) is 3.00. The van der Waals surface area contributed by atoms with Crippen molar-refractivity contribution in [2.45, 2.75) is 20.3 Å². The molecule has 25 heavy (non-hydrogen) atoms. The lowest BCUT2D eigenvalue weighted by molar-refractivity contribution is -0.119. The average molecular weight is 374 g/mol. The molecule has 7 heteroatoms. The Bertz CT molecular complexity index is 968. The van der Waals surface area contributed by atoms with Gasteiger partial charge in [-0.05, 0) is 55.0 Å². The molecule has 0 unspecified atom stereocenters. The van der Waals surface area contributed by atoms with Crippen LogP contribution in [0.25, 0.3) is 22.6 Å². The molecule has 0 aliphatic heterocycles. The van der Waals surface area contributed by atoms with Gasteiger partial charge in [0.05, 0.1) is 0 Å². The number of carbonyl (C=O) groups excluding carboxylic acids is 1. The number of hydrogen-bond acceptors (Lipinski definition) is 4. The summed E-state index contributed by atoms with van der Waals surface area (Å²) in [5.74, 6) is 0.356. The number of aromatic nitrogens is 1. The quantitative estimate of drug-likeness (QED) is 0.652. The predicted octanol–water partition coefficient (Wildman–Crippen LogP) is 4.68. The van der Waals surface area contributed by atoms with Gasteiger partial charge in [0.2, 0.25) is 11.8 Å². The van der Waals surface area contributed by atoms with Crippen LogP contribution in [0.1, 0.15) is 18.9 Å². The van der Waals surface area contributed by atoms with Gasteiger partial charge in [0, 0.05) is 22.7 Å². The Morgan fingerprint density at radius 1 is 1.28 bits per heavy atom. The van der Waals surface area contributed by atoms with Crippen LogP contribution in [0.2, 0.25) is 5.02 Å². The molecule has 0 aliphatic carbocycles. The summed E-state index contributed by atoms with van der Waals surface area (Å²) in [5.41, 5.74) is 3.86. The Kier molecular flexibility index (Phi) is 5.01. The zero-order valence-corrected chi connectivity index (χ0v) is 15.3. The maximum atomic E-state index is 11.4. The van der Waals surface area contributed by atoms with E-state index in [9.17, 15) is 4.79 Å². The normalized spacial score (nSPS) is 10.7. The third kappa shape index (κ3) is 3.97. The van der Waals surface area contributed by atoms with Crippen molar-refractivity contribution in [2.75, 3.05) is 5.32 Å². The molecule has 0 saturated carbocycles. The van der Waals surface area contributed by atoms with E-state index in [1.54, 1.807) is 13.0 Å². The van der Waals surface area contributed by atoms with Crippen LogP contribution in [0.15, 0.2) is 40.8 Å². The number of fused-ring (bicyclic) bond motifs is 1. The van der Waals surface area contributed by atoms with Crippen LogP contribution in [-0.2, 0) is 4.79 Å². The van der Waals surface area contributed by atoms with E-state index in [0.29, 0.717) is 28.4 Å². The zero-order valence-electron chi connectivity index (χ0n) is 13.7. The lowest BCUT2D eigenvalue weighted by Gasteiger charge is -2.08. The number of aryl methyl sites for hydroxylation is 1. The minimum absolute atomic E-state index is 0.140. The number of rotatable bonds is 3. The Morgan fingerprint density at radius 3 is 2.80 bits per heavy atom. The van der Waals surface area contributed by atoms with Gasteiger partial charge in [-0.3, -0.25) is 4.79 Å². The van der Waals surface area contributed by atoms with Crippen molar-refractivity contribution in [3.05, 3.63) is 47.0 Å². The van der Waals surface area contributed by atoms with E-state index >= 15 is 0 Å². The topological polar surface area (TPSA) is 67.2 Å². The summed E-state index contributed by atoms with van der Waals surface area (Å²) in [4.78, 5) is 15.9.